The summed E-state index contributed by atoms with van der Waals surface area (Å²) in [5, 5.41) is 12.2. The van der Waals surface area contributed by atoms with Crippen molar-refractivity contribution in [3.63, 3.8) is 0 Å². The average Bonchev–Trinajstić information content (AvgIpc) is 2.31. The molecule has 17 heavy (non-hydrogen) atoms. The molecule has 4 heteroatoms. The van der Waals surface area contributed by atoms with E-state index in [1.165, 1.54) is 0 Å². The standard InChI is InChI=1S/C13H10BrN3/c1-9-3-2-4-12(5-9)17-13-10(7-15)6-11(14)8-16-13/h2-6,8H,1H3,(H,16,17). The Bertz CT molecular complexity index is 587. The van der Waals surface area contributed by atoms with Gasteiger partial charge in [-0.05, 0) is 46.6 Å². The number of hydrogen-bond acceptors (Lipinski definition) is 3. The molecule has 1 heterocycles. The lowest BCUT2D eigenvalue weighted by Gasteiger charge is -2.07. The van der Waals surface area contributed by atoms with Crippen LogP contribution in [0.4, 0.5) is 11.5 Å². The highest BCUT2D eigenvalue weighted by Crippen LogP contribution is 2.21. The second-order valence-electron chi connectivity index (χ2n) is 3.66. The van der Waals surface area contributed by atoms with Crippen molar-refractivity contribution >= 4 is 27.4 Å². The summed E-state index contributed by atoms with van der Waals surface area (Å²) >= 11 is 3.29. The van der Waals surface area contributed by atoms with E-state index in [1.807, 2.05) is 31.2 Å². The van der Waals surface area contributed by atoms with Crippen LogP contribution in [0.15, 0.2) is 41.0 Å². The van der Waals surface area contributed by atoms with E-state index in [4.69, 9.17) is 5.26 Å². The van der Waals surface area contributed by atoms with Crippen molar-refractivity contribution < 1.29 is 0 Å². The Morgan fingerprint density at radius 3 is 2.88 bits per heavy atom. The van der Waals surface area contributed by atoms with Crippen LogP contribution in [0.3, 0.4) is 0 Å². The summed E-state index contributed by atoms with van der Waals surface area (Å²) in [5.41, 5.74) is 2.60. The minimum atomic E-state index is 0.515. The molecule has 0 spiro atoms. The molecule has 0 unspecified atom stereocenters. The molecule has 0 amide bonds. The number of halogens is 1. The predicted octanol–water partition coefficient (Wildman–Crippen LogP) is 3.77. The van der Waals surface area contributed by atoms with E-state index in [0.717, 1.165) is 15.7 Å². The molecule has 0 aliphatic rings. The molecule has 1 aromatic heterocycles. The van der Waals surface area contributed by atoms with Crippen molar-refractivity contribution in [2.75, 3.05) is 5.32 Å². The van der Waals surface area contributed by atoms with E-state index in [9.17, 15) is 0 Å². The first-order chi connectivity index (χ1) is 8.19. The van der Waals surface area contributed by atoms with Crippen LogP contribution in [0.2, 0.25) is 0 Å². The van der Waals surface area contributed by atoms with E-state index in [2.05, 4.69) is 32.3 Å². The number of aromatic nitrogens is 1. The molecule has 0 aliphatic carbocycles. The van der Waals surface area contributed by atoms with Gasteiger partial charge in [0.05, 0.1) is 5.56 Å². The number of nitriles is 1. The first kappa shape index (κ1) is 11.6. The monoisotopic (exact) mass is 287 g/mol. The number of nitrogens with zero attached hydrogens (tertiary/aromatic N) is 2. The Kier molecular flexibility index (Phi) is 3.40. The summed E-state index contributed by atoms with van der Waals surface area (Å²) in [6.07, 6.45) is 1.67. The Labute approximate surface area is 108 Å². The van der Waals surface area contributed by atoms with Gasteiger partial charge in [-0.1, -0.05) is 12.1 Å². The molecule has 0 aliphatic heterocycles. The molecule has 0 saturated heterocycles. The molecule has 84 valence electrons. The van der Waals surface area contributed by atoms with Crippen molar-refractivity contribution in [2.24, 2.45) is 0 Å². The zero-order chi connectivity index (χ0) is 12.3. The second kappa shape index (κ2) is 4.98. The van der Waals surface area contributed by atoms with Crippen molar-refractivity contribution in [2.45, 2.75) is 6.92 Å². The molecule has 0 radical (unpaired) electrons. The minimum Gasteiger partial charge on any atom is -0.339 e. The molecule has 1 N–H and O–H groups in total. The number of hydrogen-bond donors (Lipinski definition) is 1. The first-order valence-corrected chi connectivity index (χ1v) is 5.87. The van der Waals surface area contributed by atoms with Gasteiger partial charge in [0, 0.05) is 16.4 Å². The van der Waals surface area contributed by atoms with E-state index in [1.54, 1.807) is 12.3 Å². The molecule has 2 rings (SSSR count). The van der Waals surface area contributed by atoms with Crippen molar-refractivity contribution in [3.8, 4) is 6.07 Å². The maximum Gasteiger partial charge on any atom is 0.148 e. The van der Waals surface area contributed by atoms with Crippen LogP contribution < -0.4 is 5.32 Å². The van der Waals surface area contributed by atoms with Gasteiger partial charge < -0.3 is 5.32 Å². The van der Waals surface area contributed by atoms with Crippen molar-refractivity contribution in [1.82, 2.24) is 4.98 Å². The summed E-state index contributed by atoms with van der Waals surface area (Å²) in [4.78, 5) is 4.19. The quantitative estimate of drug-likeness (QED) is 0.915. The summed E-state index contributed by atoms with van der Waals surface area (Å²) in [5.74, 6) is 0.571. The Morgan fingerprint density at radius 2 is 2.18 bits per heavy atom. The number of nitrogens with one attached hydrogen (secondary N) is 1. The Hall–Kier alpha value is -1.86. The molecule has 0 fully saturated rings. The molecule has 0 atom stereocenters. The van der Waals surface area contributed by atoms with Gasteiger partial charge in [0.25, 0.3) is 0 Å². The first-order valence-electron chi connectivity index (χ1n) is 5.08. The molecular weight excluding hydrogens is 278 g/mol. The van der Waals surface area contributed by atoms with Crippen LogP contribution in [0.25, 0.3) is 0 Å². The minimum absolute atomic E-state index is 0.515. The lowest BCUT2D eigenvalue weighted by atomic mass is 10.2. The zero-order valence-corrected chi connectivity index (χ0v) is 10.8. The number of rotatable bonds is 2. The largest absolute Gasteiger partial charge is 0.339 e. The smallest absolute Gasteiger partial charge is 0.148 e. The van der Waals surface area contributed by atoms with Gasteiger partial charge in [0.1, 0.15) is 11.9 Å². The highest BCUT2D eigenvalue weighted by atomic mass is 79.9. The van der Waals surface area contributed by atoms with Crippen molar-refractivity contribution in [1.29, 1.82) is 5.26 Å². The summed E-state index contributed by atoms with van der Waals surface area (Å²) in [7, 11) is 0. The fourth-order valence-corrected chi connectivity index (χ4v) is 1.81. The second-order valence-corrected chi connectivity index (χ2v) is 4.57. The molecule has 0 bridgehead atoms. The third-order valence-electron chi connectivity index (χ3n) is 2.26. The number of aryl methyl sites for hydroxylation is 1. The molecule has 2 aromatic rings. The van der Waals surface area contributed by atoms with Crippen LogP contribution in [0.1, 0.15) is 11.1 Å². The van der Waals surface area contributed by atoms with Gasteiger partial charge in [0.2, 0.25) is 0 Å². The highest BCUT2D eigenvalue weighted by Gasteiger charge is 2.04. The SMILES string of the molecule is Cc1cccc(Nc2ncc(Br)cc2C#N)c1. The lowest BCUT2D eigenvalue weighted by molar-refractivity contribution is 1.27. The van der Waals surface area contributed by atoms with E-state index < -0.39 is 0 Å². The van der Waals surface area contributed by atoms with Crippen LogP contribution in [0, 0.1) is 18.3 Å². The summed E-state index contributed by atoms with van der Waals surface area (Å²) in [6, 6.07) is 11.8. The fraction of sp³-hybridized carbons (Fsp3) is 0.0769. The lowest BCUT2D eigenvalue weighted by Crippen LogP contribution is -1.96. The Morgan fingerprint density at radius 1 is 1.35 bits per heavy atom. The van der Waals surface area contributed by atoms with Crippen LogP contribution in [-0.4, -0.2) is 4.98 Å². The van der Waals surface area contributed by atoms with Crippen molar-refractivity contribution in [3.05, 3.63) is 52.1 Å². The average molecular weight is 288 g/mol. The molecule has 1 aromatic carbocycles. The third-order valence-corrected chi connectivity index (χ3v) is 2.69. The van der Waals surface area contributed by atoms with Crippen LogP contribution >= 0.6 is 15.9 Å². The maximum atomic E-state index is 9.02. The van der Waals surface area contributed by atoms with E-state index in [-0.39, 0.29) is 0 Å². The summed E-state index contributed by atoms with van der Waals surface area (Å²) in [6.45, 7) is 2.02. The van der Waals surface area contributed by atoms with Gasteiger partial charge >= 0.3 is 0 Å². The molecule has 0 saturated carbocycles. The summed E-state index contributed by atoms with van der Waals surface area (Å²) < 4.78 is 0.795. The topological polar surface area (TPSA) is 48.7 Å². The number of anilines is 2. The maximum absolute atomic E-state index is 9.02. The molecular formula is C13H10BrN3. The van der Waals surface area contributed by atoms with Gasteiger partial charge in [-0.2, -0.15) is 5.26 Å². The third kappa shape index (κ3) is 2.83. The predicted molar refractivity (Wildman–Crippen MR) is 71.1 cm³/mol. The van der Waals surface area contributed by atoms with Crippen LogP contribution in [-0.2, 0) is 0 Å². The number of benzene rings is 1. The van der Waals surface area contributed by atoms with E-state index >= 15 is 0 Å². The highest BCUT2D eigenvalue weighted by molar-refractivity contribution is 9.10. The van der Waals surface area contributed by atoms with Gasteiger partial charge in [0.15, 0.2) is 0 Å². The fourth-order valence-electron chi connectivity index (χ4n) is 1.48. The van der Waals surface area contributed by atoms with Gasteiger partial charge in [-0.15, -0.1) is 0 Å². The van der Waals surface area contributed by atoms with Gasteiger partial charge in [-0.3, -0.25) is 0 Å². The number of pyridine rings is 1. The Balaban J connectivity index is 2.34. The molecule has 3 nitrogen and oxygen atoms in total. The van der Waals surface area contributed by atoms with E-state index in [0.29, 0.717) is 11.4 Å². The zero-order valence-electron chi connectivity index (χ0n) is 9.24. The normalized spacial score (nSPS) is 9.71. The van der Waals surface area contributed by atoms with Gasteiger partial charge in [-0.25, -0.2) is 4.98 Å². The van der Waals surface area contributed by atoms with Crippen LogP contribution in [0.5, 0.6) is 0 Å².